The summed E-state index contributed by atoms with van der Waals surface area (Å²) >= 11 is 0. The Morgan fingerprint density at radius 2 is 2.14 bits per heavy atom. The van der Waals surface area contributed by atoms with Crippen LogP contribution in [-0.2, 0) is 6.54 Å². The van der Waals surface area contributed by atoms with Gasteiger partial charge in [0.05, 0.1) is 12.2 Å². The molecule has 5 heteroatoms. The van der Waals surface area contributed by atoms with Gasteiger partial charge < -0.3 is 0 Å². The molecule has 0 aromatic carbocycles. The van der Waals surface area contributed by atoms with Crippen LogP contribution < -0.4 is 0 Å². The fourth-order valence-corrected chi connectivity index (χ4v) is 1.53. The van der Waals surface area contributed by atoms with E-state index in [4.69, 9.17) is 5.53 Å². The Balaban J connectivity index is 3.10. The Morgan fingerprint density at radius 1 is 1.50 bits per heavy atom. The van der Waals surface area contributed by atoms with Crippen molar-refractivity contribution in [3.05, 3.63) is 27.4 Å². The summed E-state index contributed by atoms with van der Waals surface area (Å²) in [6.07, 6.45) is 0. The van der Waals surface area contributed by atoms with Crippen molar-refractivity contribution in [3.63, 3.8) is 0 Å². The molecule has 0 bridgehead atoms. The van der Waals surface area contributed by atoms with Crippen LogP contribution in [-0.4, -0.2) is 9.78 Å². The van der Waals surface area contributed by atoms with Gasteiger partial charge in [-0.1, -0.05) is 5.11 Å². The monoisotopic (exact) mass is 193 g/mol. The molecule has 76 valence electrons. The highest BCUT2D eigenvalue weighted by atomic mass is 15.3. The minimum atomic E-state index is 0.341. The van der Waals surface area contributed by atoms with Gasteiger partial charge in [-0.3, -0.25) is 4.68 Å². The van der Waals surface area contributed by atoms with E-state index in [0.29, 0.717) is 12.6 Å². The van der Waals surface area contributed by atoms with E-state index in [1.54, 1.807) is 0 Å². The lowest BCUT2D eigenvalue weighted by molar-refractivity contribution is 0.515. The molecule has 0 atom stereocenters. The number of aryl methyl sites for hydroxylation is 1. The van der Waals surface area contributed by atoms with E-state index >= 15 is 0 Å². The van der Waals surface area contributed by atoms with Crippen molar-refractivity contribution < 1.29 is 0 Å². The zero-order valence-electron chi connectivity index (χ0n) is 9.02. The molecular weight excluding hydrogens is 178 g/mol. The maximum atomic E-state index is 8.26. The predicted molar refractivity (Wildman–Crippen MR) is 54.9 cm³/mol. The third-order valence-electron chi connectivity index (χ3n) is 2.26. The molecule has 0 N–H and O–H groups in total. The van der Waals surface area contributed by atoms with E-state index in [-0.39, 0.29) is 0 Å². The maximum absolute atomic E-state index is 8.26. The summed E-state index contributed by atoms with van der Waals surface area (Å²) in [6.45, 7) is 8.49. The van der Waals surface area contributed by atoms with E-state index in [0.717, 1.165) is 17.0 Å². The Kier molecular flexibility index (Phi) is 3.14. The number of nitrogens with zero attached hydrogens (tertiary/aromatic N) is 5. The molecule has 5 nitrogen and oxygen atoms in total. The van der Waals surface area contributed by atoms with Gasteiger partial charge in [-0.05, 0) is 33.2 Å². The van der Waals surface area contributed by atoms with Gasteiger partial charge in [0, 0.05) is 22.2 Å². The lowest BCUT2D eigenvalue weighted by Crippen LogP contribution is -2.05. The van der Waals surface area contributed by atoms with Crippen molar-refractivity contribution in [2.45, 2.75) is 40.3 Å². The Morgan fingerprint density at radius 3 is 2.57 bits per heavy atom. The van der Waals surface area contributed by atoms with Crippen LogP contribution in [0.25, 0.3) is 10.4 Å². The first-order valence-corrected chi connectivity index (χ1v) is 4.63. The third kappa shape index (κ3) is 1.88. The SMILES string of the molecule is Cc1nn(C(C)C)c(C)c1CN=[N+]=[N-]. The molecule has 0 saturated carbocycles. The second-order valence-electron chi connectivity index (χ2n) is 3.58. The van der Waals surface area contributed by atoms with Crippen molar-refractivity contribution in [2.75, 3.05) is 0 Å². The normalized spacial score (nSPS) is 10.4. The zero-order valence-corrected chi connectivity index (χ0v) is 9.02. The summed E-state index contributed by atoms with van der Waals surface area (Å²) in [6, 6.07) is 0.341. The van der Waals surface area contributed by atoms with Gasteiger partial charge >= 0.3 is 0 Å². The van der Waals surface area contributed by atoms with E-state index in [1.807, 2.05) is 18.5 Å². The highest BCUT2D eigenvalue weighted by Crippen LogP contribution is 2.17. The second kappa shape index (κ2) is 4.15. The summed E-state index contributed by atoms with van der Waals surface area (Å²) in [5, 5.41) is 7.96. The third-order valence-corrected chi connectivity index (χ3v) is 2.26. The van der Waals surface area contributed by atoms with E-state index in [9.17, 15) is 0 Å². The van der Waals surface area contributed by atoms with E-state index < -0.39 is 0 Å². The van der Waals surface area contributed by atoms with Crippen molar-refractivity contribution in [2.24, 2.45) is 5.11 Å². The first-order valence-electron chi connectivity index (χ1n) is 4.63. The molecule has 0 spiro atoms. The van der Waals surface area contributed by atoms with Crippen molar-refractivity contribution >= 4 is 0 Å². The van der Waals surface area contributed by atoms with Crippen LogP contribution in [0.15, 0.2) is 5.11 Å². The molecule has 1 aromatic rings. The van der Waals surface area contributed by atoms with Gasteiger partial charge in [0.1, 0.15) is 0 Å². The first-order chi connectivity index (χ1) is 6.57. The summed E-state index contributed by atoms with van der Waals surface area (Å²) in [4.78, 5) is 2.76. The Hall–Kier alpha value is -1.48. The Bertz CT molecular complexity index is 371. The average Bonchev–Trinajstić information content (AvgIpc) is 2.40. The van der Waals surface area contributed by atoms with Gasteiger partial charge in [-0.15, -0.1) is 0 Å². The van der Waals surface area contributed by atoms with Crippen molar-refractivity contribution in [1.82, 2.24) is 9.78 Å². The highest BCUT2D eigenvalue weighted by molar-refractivity contribution is 5.24. The topological polar surface area (TPSA) is 66.6 Å². The second-order valence-corrected chi connectivity index (χ2v) is 3.58. The number of rotatable bonds is 3. The molecule has 0 fully saturated rings. The first kappa shape index (κ1) is 10.6. The van der Waals surface area contributed by atoms with Crippen molar-refractivity contribution in [1.29, 1.82) is 0 Å². The van der Waals surface area contributed by atoms with Crippen LogP contribution in [0.5, 0.6) is 0 Å². The van der Waals surface area contributed by atoms with Crippen LogP contribution in [0.3, 0.4) is 0 Å². The van der Waals surface area contributed by atoms with Crippen LogP contribution in [0.1, 0.15) is 36.8 Å². The molecule has 0 radical (unpaired) electrons. The number of hydrogen-bond donors (Lipinski definition) is 0. The van der Waals surface area contributed by atoms with Gasteiger partial charge in [0.25, 0.3) is 0 Å². The maximum Gasteiger partial charge on any atom is 0.0629 e. The fourth-order valence-electron chi connectivity index (χ4n) is 1.53. The minimum Gasteiger partial charge on any atom is -0.267 e. The summed E-state index contributed by atoms with van der Waals surface area (Å²) in [5.41, 5.74) is 11.3. The van der Waals surface area contributed by atoms with Crippen molar-refractivity contribution in [3.8, 4) is 0 Å². The molecule has 1 aromatic heterocycles. The van der Waals surface area contributed by atoms with Gasteiger partial charge in [0.2, 0.25) is 0 Å². The molecule has 1 rings (SSSR count). The summed E-state index contributed by atoms with van der Waals surface area (Å²) in [7, 11) is 0. The standard InChI is InChI=1S/C9H15N5/c1-6(2)14-8(4)9(5-11-13-10)7(3)12-14/h6H,5H2,1-4H3. The molecule has 0 aliphatic heterocycles. The largest absolute Gasteiger partial charge is 0.267 e. The molecule has 0 aliphatic carbocycles. The number of hydrogen-bond acceptors (Lipinski definition) is 2. The molecule has 0 unspecified atom stereocenters. The van der Waals surface area contributed by atoms with Gasteiger partial charge in [-0.2, -0.15) is 5.10 Å². The lowest BCUT2D eigenvalue weighted by Gasteiger charge is -2.07. The highest BCUT2D eigenvalue weighted by Gasteiger charge is 2.11. The molecule has 0 saturated heterocycles. The van der Waals surface area contributed by atoms with Crippen LogP contribution in [0, 0.1) is 13.8 Å². The molecule has 1 heterocycles. The summed E-state index contributed by atoms with van der Waals surface area (Å²) < 4.78 is 1.96. The van der Waals surface area contributed by atoms with Gasteiger partial charge in [0.15, 0.2) is 0 Å². The lowest BCUT2D eigenvalue weighted by atomic mass is 10.2. The fraction of sp³-hybridized carbons (Fsp3) is 0.667. The molecule has 0 amide bonds. The van der Waals surface area contributed by atoms with Gasteiger partial charge in [-0.25, -0.2) is 0 Å². The Labute approximate surface area is 83.4 Å². The van der Waals surface area contributed by atoms with E-state index in [1.165, 1.54) is 0 Å². The summed E-state index contributed by atoms with van der Waals surface area (Å²) in [5.74, 6) is 0. The average molecular weight is 193 g/mol. The smallest absolute Gasteiger partial charge is 0.0629 e. The molecule has 0 aliphatic rings. The molecule has 14 heavy (non-hydrogen) atoms. The quantitative estimate of drug-likeness (QED) is 0.413. The number of aromatic nitrogens is 2. The zero-order chi connectivity index (χ0) is 10.7. The minimum absolute atomic E-state index is 0.341. The van der Waals surface area contributed by atoms with Crippen LogP contribution >= 0.6 is 0 Å². The van der Waals surface area contributed by atoms with Crippen LogP contribution in [0.4, 0.5) is 0 Å². The van der Waals surface area contributed by atoms with Crippen LogP contribution in [0.2, 0.25) is 0 Å². The van der Waals surface area contributed by atoms with E-state index in [2.05, 4.69) is 29.0 Å². The predicted octanol–water partition coefficient (Wildman–Crippen LogP) is 2.89. The molecular formula is C9H15N5. The number of azide groups is 1.